The van der Waals surface area contributed by atoms with Crippen LogP contribution in [0.3, 0.4) is 0 Å². The van der Waals surface area contributed by atoms with Crippen LogP contribution in [0.5, 0.6) is 5.75 Å². The van der Waals surface area contributed by atoms with E-state index in [9.17, 15) is 4.79 Å². The Morgan fingerprint density at radius 2 is 1.61 bits per heavy atom. The molecule has 0 saturated heterocycles. The number of nitrogens with one attached hydrogen (secondary N) is 1. The molecule has 0 atom stereocenters. The minimum atomic E-state index is -0.138. The lowest BCUT2D eigenvalue weighted by Gasteiger charge is -2.12. The molecule has 1 aromatic heterocycles. The standard InChI is InChI=1S/C24H22N4O2S/c1-2-30-21-16-10-9-15-20(21)25-22(29)17-31-24-27-26-23(18-11-5-3-6-12-18)28(24)19-13-7-4-8-14-19/h3-16H,2,17H2,1H3,(H,25,29). The normalized spacial score (nSPS) is 10.6. The Labute approximate surface area is 185 Å². The molecule has 6 nitrogen and oxygen atoms in total. The van der Waals surface area contributed by atoms with Crippen LogP contribution in [-0.4, -0.2) is 33.0 Å². The van der Waals surface area contributed by atoms with Gasteiger partial charge in [0, 0.05) is 11.3 Å². The number of rotatable bonds is 8. The van der Waals surface area contributed by atoms with Crippen LogP contribution in [0.25, 0.3) is 17.1 Å². The van der Waals surface area contributed by atoms with Crippen molar-refractivity contribution in [3.63, 3.8) is 0 Å². The van der Waals surface area contributed by atoms with Crippen LogP contribution in [0, 0.1) is 0 Å². The van der Waals surface area contributed by atoms with E-state index in [2.05, 4.69) is 15.5 Å². The van der Waals surface area contributed by atoms with Crippen molar-refractivity contribution in [2.24, 2.45) is 0 Å². The van der Waals surface area contributed by atoms with E-state index in [1.165, 1.54) is 11.8 Å². The molecule has 0 radical (unpaired) electrons. The summed E-state index contributed by atoms with van der Waals surface area (Å²) in [5.41, 5.74) is 2.56. The zero-order valence-corrected chi connectivity index (χ0v) is 17.9. The van der Waals surface area contributed by atoms with Gasteiger partial charge in [-0.3, -0.25) is 9.36 Å². The van der Waals surface area contributed by atoms with E-state index >= 15 is 0 Å². The molecule has 1 amide bonds. The molecule has 0 saturated carbocycles. The maximum Gasteiger partial charge on any atom is 0.234 e. The Morgan fingerprint density at radius 1 is 0.935 bits per heavy atom. The zero-order valence-electron chi connectivity index (χ0n) is 17.1. The zero-order chi connectivity index (χ0) is 21.5. The average molecular weight is 431 g/mol. The maximum atomic E-state index is 12.6. The van der Waals surface area contributed by atoms with Gasteiger partial charge in [0.25, 0.3) is 0 Å². The Morgan fingerprint density at radius 3 is 2.35 bits per heavy atom. The van der Waals surface area contributed by atoms with Crippen molar-refractivity contribution in [3.05, 3.63) is 84.9 Å². The number of amides is 1. The van der Waals surface area contributed by atoms with Crippen LogP contribution >= 0.6 is 11.8 Å². The van der Waals surface area contributed by atoms with Gasteiger partial charge in [0.2, 0.25) is 5.91 Å². The second kappa shape index (κ2) is 9.95. The summed E-state index contributed by atoms with van der Waals surface area (Å²) >= 11 is 1.34. The summed E-state index contributed by atoms with van der Waals surface area (Å²) in [6.07, 6.45) is 0. The number of hydrogen-bond donors (Lipinski definition) is 1. The number of hydrogen-bond acceptors (Lipinski definition) is 5. The van der Waals surface area contributed by atoms with Crippen LogP contribution in [0.15, 0.2) is 90.1 Å². The van der Waals surface area contributed by atoms with Crippen molar-refractivity contribution < 1.29 is 9.53 Å². The molecule has 4 rings (SSSR count). The molecule has 156 valence electrons. The molecular weight excluding hydrogens is 408 g/mol. The third-order valence-corrected chi connectivity index (χ3v) is 5.40. The van der Waals surface area contributed by atoms with E-state index in [0.717, 1.165) is 17.1 Å². The van der Waals surface area contributed by atoms with E-state index < -0.39 is 0 Å². The predicted octanol–water partition coefficient (Wildman–Crippen LogP) is 5.06. The third kappa shape index (κ3) is 4.95. The molecule has 0 aliphatic rings. The molecule has 0 fully saturated rings. The fraction of sp³-hybridized carbons (Fsp3) is 0.125. The summed E-state index contributed by atoms with van der Waals surface area (Å²) in [4.78, 5) is 12.6. The number of aromatic nitrogens is 3. The van der Waals surface area contributed by atoms with Crippen LogP contribution in [-0.2, 0) is 4.79 Å². The minimum absolute atomic E-state index is 0.138. The number of anilines is 1. The molecular formula is C24H22N4O2S. The number of ether oxygens (including phenoxy) is 1. The first-order valence-electron chi connectivity index (χ1n) is 9.97. The molecule has 0 spiro atoms. The summed E-state index contributed by atoms with van der Waals surface area (Å²) in [5, 5.41) is 12.3. The van der Waals surface area contributed by atoms with Gasteiger partial charge < -0.3 is 10.1 Å². The molecule has 7 heteroatoms. The molecule has 0 aliphatic carbocycles. The summed E-state index contributed by atoms with van der Waals surface area (Å²) in [6.45, 7) is 2.44. The number of benzene rings is 3. The van der Waals surface area contributed by atoms with Crippen molar-refractivity contribution in [2.75, 3.05) is 17.7 Å². The topological polar surface area (TPSA) is 69.0 Å². The van der Waals surface area contributed by atoms with Gasteiger partial charge >= 0.3 is 0 Å². The lowest BCUT2D eigenvalue weighted by molar-refractivity contribution is -0.113. The molecule has 1 N–H and O–H groups in total. The van der Waals surface area contributed by atoms with Crippen molar-refractivity contribution in [3.8, 4) is 22.8 Å². The number of carbonyl (C=O) groups is 1. The van der Waals surface area contributed by atoms with E-state index in [1.807, 2.05) is 96.4 Å². The highest BCUT2D eigenvalue weighted by Crippen LogP contribution is 2.28. The highest BCUT2D eigenvalue weighted by molar-refractivity contribution is 7.99. The van der Waals surface area contributed by atoms with Crippen LogP contribution in [0.4, 0.5) is 5.69 Å². The lowest BCUT2D eigenvalue weighted by Crippen LogP contribution is -2.15. The fourth-order valence-corrected chi connectivity index (χ4v) is 3.87. The fourth-order valence-electron chi connectivity index (χ4n) is 3.12. The first kappa shape index (κ1) is 20.7. The van der Waals surface area contributed by atoms with Crippen molar-refractivity contribution in [2.45, 2.75) is 12.1 Å². The van der Waals surface area contributed by atoms with Gasteiger partial charge in [0.05, 0.1) is 18.0 Å². The average Bonchev–Trinajstić information content (AvgIpc) is 3.24. The Balaban J connectivity index is 1.55. The summed E-state index contributed by atoms with van der Waals surface area (Å²) in [6, 6.07) is 27.2. The molecule has 0 unspecified atom stereocenters. The number of para-hydroxylation sites is 3. The molecule has 0 aliphatic heterocycles. The van der Waals surface area contributed by atoms with Gasteiger partial charge in [-0.15, -0.1) is 10.2 Å². The van der Waals surface area contributed by atoms with E-state index in [4.69, 9.17) is 4.74 Å². The minimum Gasteiger partial charge on any atom is -0.492 e. The number of thioether (sulfide) groups is 1. The van der Waals surface area contributed by atoms with Crippen molar-refractivity contribution >= 4 is 23.4 Å². The largest absolute Gasteiger partial charge is 0.492 e. The van der Waals surface area contributed by atoms with Gasteiger partial charge in [0.15, 0.2) is 11.0 Å². The first-order chi connectivity index (χ1) is 15.3. The van der Waals surface area contributed by atoms with Crippen molar-refractivity contribution in [1.29, 1.82) is 0 Å². The maximum absolute atomic E-state index is 12.6. The second-order valence-electron chi connectivity index (χ2n) is 6.61. The Bertz CT molecular complexity index is 1150. The molecule has 1 heterocycles. The highest BCUT2D eigenvalue weighted by atomic mass is 32.2. The van der Waals surface area contributed by atoms with Crippen LogP contribution in [0.2, 0.25) is 0 Å². The number of carbonyl (C=O) groups excluding carboxylic acids is 1. The summed E-state index contributed by atoms with van der Waals surface area (Å²) in [5.74, 6) is 1.44. The second-order valence-corrected chi connectivity index (χ2v) is 7.55. The van der Waals surface area contributed by atoms with E-state index in [0.29, 0.717) is 23.2 Å². The van der Waals surface area contributed by atoms with Gasteiger partial charge in [-0.1, -0.05) is 72.4 Å². The smallest absolute Gasteiger partial charge is 0.234 e. The van der Waals surface area contributed by atoms with E-state index in [1.54, 1.807) is 0 Å². The molecule has 0 bridgehead atoms. The highest BCUT2D eigenvalue weighted by Gasteiger charge is 2.17. The van der Waals surface area contributed by atoms with Crippen LogP contribution in [0.1, 0.15) is 6.92 Å². The van der Waals surface area contributed by atoms with Crippen LogP contribution < -0.4 is 10.1 Å². The SMILES string of the molecule is CCOc1ccccc1NC(=O)CSc1nnc(-c2ccccc2)n1-c1ccccc1. The predicted molar refractivity (Wildman–Crippen MR) is 124 cm³/mol. The lowest BCUT2D eigenvalue weighted by atomic mass is 10.2. The number of nitrogens with zero attached hydrogens (tertiary/aromatic N) is 3. The molecule has 4 aromatic rings. The quantitative estimate of drug-likeness (QED) is 0.396. The summed E-state index contributed by atoms with van der Waals surface area (Å²) in [7, 11) is 0. The molecule has 31 heavy (non-hydrogen) atoms. The summed E-state index contributed by atoms with van der Waals surface area (Å²) < 4.78 is 7.56. The molecule has 3 aromatic carbocycles. The Kier molecular flexibility index (Phi) is 6.64. The van der Waals surface area contributed by atoms with Gasteiger partial charge in [-0.05, 0) is 31.2 Å². The van der Waals surface area contributed by atoms with E-state index in [-0.39, 0.29) is 11.7 Å². The monoisotopic (exact) mass is 430 g/mol. The first-order valence-corrected chi connectivity index (χ1v) is 11.0. The third-order valence-electron chi connectivity index (χ3n) is 4.47. The van der Waals surface area contributed by atoms with Crippen molar-refractivity contribution in [1.82, 2.24) is 14.8 Å². The Hall–Kier alpha value is -3.58. The van der Waals surface area contributed by atoms with Gasteiger partial charge in [-0.2, -0.15) is 0 Å². The van der Waals surface area contributed by atoms with Gasteiger partial charge in [-0.25, -0.2) is 0 Å². The van der Waals surface area contributed by atoms with Gasteiger partial charge in [0.1, 0.15) is 5.75 Å².